The maximum atomic E-state index is 4.54. The predicted octanol–water partition coefficient (Wildman–Crippen LogP) is 7.38. The molecule has 0 heterocycles. The lowest BCUT2D eigenvalue weighted by atomic mass is 9.74. The van der Waals surface area contributed by atoms with E-state index < -0.39 is 0 Å². The fourth-order valence-electron chi connectivity index (χ4n) is 6.97. The summed E-state index contributed by atoms with van der Waals surface area (Å²) < 4.78 is 0. The second kappa shape index (κ2) is 6.56. The summed E-state index contributed by atoms with van der Waals surface area (Å²) in [7, 11) is 0. The van der Waals surface area contributed by atoms with Gasteiger partial charge in [0.25, 0.3) is 0 Å². The summed E-state index contributed by atoms with van der Waals surface area (Å²) in [5.74, 6) is 0.638. The number of hydrogen-bond acceptors (Lipinski definition) is 0. The Balaban J connectivity index is 1.77. The molecule has 0 aliphatic heterocycles. The van der Waals surface area contributed by atoms with Crippen LogP contribution in [0.15, 0.2) is 127 Å². The van der Waals surface area contributed by atoms with Gasteiger partial charge < -0.3 is 0 Å². The smallest absolute Gasteiger partial charge is 0.0395 e. The third-order valence-corrected chi connectivity index (χ3v) is 7.72. The highest BCUT2D eigenvalue weighted by molar-refractivity contribution is 5.76. The number of allylic oxidation sites excluding steroid dienone is 1. The Hall–Kier alpha value is -3.38. The van der Waals surface area contributed by atoms with Gasteiger partial charge in [0.15, 0.2) is 0 Å². The minimum atomic E-state index is -0.100. The Morgan fingerprint density at radius 1 is 0.645 bits per heavy atom. The van der Waals surface area contributed by atoms with E-state index in [0.717, 1.165) is 0 Å². The molecule has 150 valence electrons. The van der Waals surface area contributed by atoms with Gasteiger partial charge >= 0.3 is 0 Å². The van der Waals surface area contributed by atoms with E-state index in [0.29, 0.717) is 5.92 Å². The van der Waals surface area contributed by atoms with Crippen LogP contribution < -0.4 is 0 Å². The van der Waals surface area contributed by atoms with Crippen LogP contribution in [0.4, 0.5) is 0 Å². The first-order chi connectivity index (χ1) is 15.2. The maximum Gasteiger partial charge on any atom is 0.0395 e. The van der Waals surface area contributed by atoms with Crippen LogP contribution in [-0.4, -0.2) is 0 Å². The summed E-state index contributed by atoms with van der Waals surface area (Å²) >= 11 is 0. The van der Waals surface area contributed by atoms with E-state index in [2.05, 4.69) is 129 Å². The highest BCUT2D eigenvalue weighted by Gasteiger charge is 2.84. The van der Waals surface area contributed by atoms with Crippen molar-refractivity contribution in [1.29, 1.82) is 0 Å². The molecule has 4 atom stereocenters. The van der Waals surface area contributed by atoms with Crippen LogP contribution in [0, 0.1) is 0 Å². The topological polar surface area (TPSA) is 0 Å². The summed E-state index contributed by atoms with van der Waals surface area (Å²) in [6.07, 6.45) is 0. The zero-order chi connectivity index (χ0) is 21.1. The minimum Gasteiger partial charge on any atom is -0.0995 e. The van der Waals surface area contributed by atoms with E-state index in [9.17, 15) is 0 Å². The molecule has 0 unspecified atom stereocenters. The van der Waals surface area contributed by atoms with Crippen LogP contribution in [-0.2, 0) is 10.8 Å². The second-order valence-electron chi connectivity index (χ2n) is 9.12. The van der Waals surface area contributed by atoms with E-state index in [1.54, 1.807) is 0 Å². The zero-order valence-corrected chi connectivity index (χ0v) is 17.8. The quantitative estimate of drug-likeness (QED) is 0.315. The Labute approximate surface area is 184 Å². The standard InChI is InChI=1S/C31H26/c1-22(2)28-26-20-12-13-21-27(26)30(24-16-8-4-9-17-24)29(23-14-6-3-7-15-23)31(28,30)25-18-10-5-11-19-25/h3-21,28-29H,1H2,2H3/t28-,29-,30+,31-/m0/s1. The SMILES string of the molecule is C=C(C)[C@H]1c2ccccc2[C@]2(c3ccccc3)[C@H](c3ccccc3)[C@]12c1ccccc1. The Kier molecular flexibility index (Phi) is 3.89. The molecule has 0 nitrogen and oxygen atoms in total. The molecule has 1 saturated carbocycles. The van der Waals surface area contributed by atoms with Crippen molar-refractivity contribution >= 4 is 0 Å². The van der Waals surface area contributed by atoms with Gasteiger partial charge in [0.05, 0.1) is 0 Å². The second-order valence-corrected chi connectivity index (χ2v) is 9.12. The van der Waals surface area contributed by atoms with Crippen LogP contribution in [0.2, 0.25) is 0 Å². The molecular formula is C31H26. The van der Waals surface area contributed by atoms with Gasteiger partial charge in [0, 0.05) is 22.7 Å². The average Bonchev–Trinajstić information content (AvgIpc) is 3.37. The highest BCUT2D eigenvalue weighted by Crippen LogP contribution is 2.86. The lowest BCUT2D eigenvalue weighted by molar-refractivity contribution is 0.559. The molecule has 0 aromatic heterocycles. The lowest BCUT2D eigenvalue weighted by Gasteiger charge is -2.28. The molecule has 0 radical (unpaired) electrons. The molecular weight excluding hydrogens is 372 g/mol. The van der Waals surface area contributed by atoms with Crippen molar-refractivity contribution in [2.75, 3.05) is 0 Å². The molecule has 0 spiro atoms. The molecule has 31 heavy (non-hydrogen) atoms. The van der Waals surface area contributed by atoms with Crippen LogP contribution in [0.1, 0.15) is 46.6 Å². The first-order valence-electron chi connectivity index (χ1n) is 11.1. The van der Waals surface area contributed by atoms with Gasteiger partial charge in [-0.1, -0.05) is 127 Å². The average molecular weight is 399 g/mol. The van der Waals surface area contributed by atoms with Gasteiger partial charge in [-0.25, -0.2) is 0 Å². The van der Waals surface area contributed by atoms with Crippen molar-refractivity contribution in [3.05, 3.63) is 155 Å². The third-order valence-electron chi connectivity index (χ3n) is 7.72. The third kappa shape index (κ3) is 2.15. The van der Waals surface area contributed by atoms with E-state index in [1.807, 2.05) is 0 Å². The van der Waals surface area contributed by atoms with Crippen molar-refractivity contribution in [1.82, 2.24) is 0 Å². The molecule has 6 rings (SSSR count). The Bertz CT molecular complexity index is 1260. The van der Waals surface area contributed by atoms with Crippen LogP contribution in [0.3, 0.4) is 0 Å². The van der Waals surface area contributed by atoms with Gasteiger partial charge in [0.2, 0.25) is 0 Å². The van der Waals surface area contributed by atoms with Crippen molar-refractivity contribution in [3.63, 3.8) is 0 Å². The maximum absolute atomic E-state index is 4.54. The van der Waals surface area contributed by atoms with E-state index in [1.165, 1.54) is 33.4 Å². The fraction of sp³-hybridized carbons (Fsp3) is 0.161. The summed E-state index contributed by atoms with van der Waals surface area (Å²) in [4.78, 5) is 0. The summed E-state index contributed by atoms with van der Waals surface area (Å²) in [5, 5.41) is 0. The largest absolute Gasteiger partial charge is 0.0995 e. The molecule has 4 aromatic carbocycles. The Morgan fingerprint density at radius 2 is 1.16 bits per heavy atom. The van der Waals surface area contributed by atoms with Gasteiger partial charge in [-0.2, -0.15) is 0 Å². The first-order valence-corrected chi connectivity index (χ1v) is 11.1. The molecule has 0 heteroatoms. The van der Waals surface area contributed by atoms with Gasteiger partial charge in [-0.15, -0.1) is 0 Å². The summed E-state index contributed by atoms with van der Waals surface area (Å²) in [6.45, 7) is 6.75. The molecule has 2 aliphatic rings. The summed E-state index contributed by atoms with van der Waals surface area (Å²) in [6, 6.07) is 42.6. The van der Waals surface area contributed by atoms with Crippen LogP contribution in [0.5, 0.6) is 0 Å². The monoisotopic (exact) mass is 398 g/mol. The molecule has 4 aromatic rings. The normalized spacial score (nSPS) is 27.9. The molecule has 0 bridgehead atoms. The number of fused-ring (bicyclic) bond motifs is 3. The molecule has 0 amide bonds. The number of rotatable bonds is 4. The minimum absolute atomic E-state index is 0.0769. The van der Waals surface area contributed by atoms with Gasteiger partial charge in [-0.3, -0.25) is 0 Å². The van der Waals surface area contributed by atoms with Crippen LogP contribution in [0.25, 0.3) is 0 Å². The van der Waals surface area contributed by atoms with Crippen LogP contribution >= 0.6 is 0 Å². The predicted molar refractivity (Wildman–Crippen MR) is 129 cm³/mol. The fourth-order valence-corrected chi connectivity index (χ4v) is 6.97. The highest BCUT2D eigenvalue weighted by atomic mass is 14.8. The first kappa shape index (κ1) is 18.4. The van der Waals surface area contributed by atoms with Crippen molar-refractivity contribution in [2.45, 2.75) is 29.6 Å². The molecule has 0 saturated heterocycles. The zero-order valence-electron chi connectivity index (χ0n) is 17.8. The van der Waals surface area contributed by atoms with E-state index >= 15 is 0 Å². The van der Waals surface area contributed by atoms with Gasteiger partial charge in [0.1, 0.15) is 0 Å². The van der Waals surface area contributed by atoms with Crippen molar-refractivity contribution < 1.29 is 0 Å². The lowest BCUT2D eigenvalue weighted by Crippen LogP contribution is -2.23. The summed E-state index contributed by atoms with van der Waals surface area (Å²) in [5.41, 5.74) is 8.20. The van der Waals surface area contributed by atoms with Crippen molar-refractivity contribution in [3.8, 4) is 0 Å². The molecule has 2 aliphatic carbocycles. The molecule has 0 N–H and O–H groups in total. The number of benzene rings is 4. The van der Waals surface area contributed by atoms with E-state index in [4.69, 9.17) is 0 Å². The number of hydrogen-bond donors (Lipinski definition) is 0. The van der Waals surface area contributed by atoms with Crippen molar-refractivity contribution in [2.24, 2.45) is 0 Å². The van der Waals surface area contributed by atoms with Gasteiger partial charge in [-0.05, 0) is 34.7 Å². The molecule has 1 fully saturated rings. The van der Waals surface area contributed by atoms with E-state index in [-0.39, 0.29) is 16.7 Å². The Morgan fingerprint density at radius 3 is 1.77 bits per heavy atom.